The van der Waals surface area contributed by atoms with Crippen molar-refractivity contribution in [1.82, 2.24) is 0 Å². The number of esters is 1. The lowest BCUT2D eigenvalue weighted by Gasteiger charge is -2.43. The van der Waals surface area contributed by atoms with E-state index in [1.54, 1.807) is 0 Å². The van der Waals surface area contributed by atoms with Gasteiger partial charge in [-0.1, -0.05) is 101 Å². The van der Waals surface area contributed by atoms with Crippen LogP contribution in [0.5, 0.6) is 0 Å². The minimum Gasteiger partial charge on any atom is -0.463 e. The van der Waals surface area contributed by atoms with Gasteiger partial charge in [-0.3, -0.25) is 4.79 Å². The zero-order valence-corrected chi connectivity index (χ0v) is 24.3. The molecule has 3 atom stereocenters. The Morgan fingerprint density at radius 1 is 0.973 bits per heavy atom. The second-order valence-corrected chi connectivity index (χ2v) is 15.9. The largest absolute Gasteiger partial charge is 0.463 e. The molecule has 1 saturated heterocycles. The molecule has 204 valence electrons. The number of carbonyl (C=O) groups is 1. The Bertz CT molecular complexity index is 902. The van der Waals surface area contributed by atoms with Crippen LogP contribution in [-0.2, 0) is 18.7 Å². The smallest absolute Gasteiger partial charge is 0.306 e. The van der Waals surface area contributed by atoms with Crippen molar-refractivity contribution < 1.29 is 23.8 Å². The summed E-state index contributed by atoms with van der Waals surface area (Å²) in [5, 5.41) is 13.1. The Kier molecular flexibility index (Phi) is 10.9. The first-order chi connectivity index (χ1) is 17.6. The van der Waals surface area contributed by atoms with Crippen molar-refractivity contribution in [2.45, 2.75) is 96.5 Å². The van der Waals surface area contributed by atoms with Crippen molar-refractivity contribution in [3.05, 3.63) is 60.7 Å². The summed E-state index contributed by atoms with van der Waals surface area (Å²) in [4.78, 5) is 11.7. The van der Waals surface area contributed by atoms with Gasteiger partial charge in [0.2, 0.25) is 0 Å². The van der Waals surface area contributed by atoms with E-state index in [0.29, 0.717) is 19.6 Å². The molecular weight excluding hydrogens is 480 g/mol. The number of benzene rings is 2. The van der Waals surface area contributed by atoms with Crippen LogP contribution in [0.4, 0.5) is 0 Å². The molecular formula is C31H46O5Si. The van der Waals surface area contributed by atoms with Crippen LogP contribution in [0.2, 0.25) is 5.04 Å². The normalized spacial score (nSPS) is 20.4. The van der Waals surface area contributed by atoms with E-state index >= 15 is 0 Å². The number of ether oxygens (including phenoxy) is 2. The Labute approximate surface area is 224 Å². The highest BCUT2D eigenvalue weighted by Crippen LogP contribution is 2.38. The molecule has 2 aromatic carbocycles. The number of aliphatic hydroxyl groups excluding tert-OH is 1. The van der Waals surface area contributed by atoms with Crippen LogP contribution in [0.25, 0.3) is 0 Å². The summed E-state index contributed by atoms with van der Waals surface area (Å²) in [6, 6.07) is 21.3. The first kappa shape index (κ1) is 29.6. The number of rotatable bonds is 13. The maximum absolute atomic E-state index is 11.7. The number of hydrogen-bond acceptors (Lipinski definition) is 5. The van der Waals surface area contributed by atoms with Crippen molar-refractivity contribution in [2.24, 2.45) is 5.92 Å². The van der Waals surface area contributed by atoms with Gasteiger partial charge < -0.3 is 19.0 Å². The van der Waals surface area contributed by atoms with Crippen molar-refractivity contribution in [1.29, 1.82) is 0 Å². The molecule has 0 spiro atoms. The Balaban J connectivity index is 1.65. The molecule has 37 heavy (non-hydrogen) atoms. The fourth-order valence-electron chi connectivity index (χ4n) is 5.56. The van der Waals surface area contributed by atoms with Gasteiger partial charge in [0, 0.05) is 12.3 Å². The average molecular weight is 527 g/mol. The molecule has 6 heteroatoms. The highest BCUT2D eigenvalue weighted by molar-refractivity contribution is 6.99. The molecule has 0 unspecified atom stereocenters. The Hall–Kier alpha value is -1.99. The molecule has 1 fully saturated rings. The third-order valence-corrected chi connectivity index (χ3v) is 12.4. The van der Waals surface area contributed by atoms with Gasteiger partial charge in [-0.2, -0.15) is 0 Å². The summed E-state index contributed by atoms with van der Waals surface area (Å²) in [5.74, 6) is -0.0562. The van der Waals surface area contributed by atoms with Gasteiger partial charge in [0.1, 0.15) is 0 Å². The Morgan fingerprint density at radius 2 is 1.54 bits per heavy atom. The van der Waals surface area contributed by atoms with Crippen LogP contribution in [-0.4, -0.2) is 50.9 Å². The molecule has 0 bridgehead atoms. The molecule has 0 aromatic heterocycles. The molecule has 0 saturated carbocycles. The monoisotopic (exact) mass is 526 g/mol. The standard InChI is InChI=1S/C31H46O5Si/c1-24(2)36-30(33)21-15-7-6-14-20-27-28(32)22-34-29(27)23-35-37(31(3,4)5,25-16-10-8-11-17-25)26-18-12-9-13-19-26/h8-13,16-19,24,27-29,32H,6-7,14-15,20-23H2,1-5H3/t27-,28-,29+/m0/s1. The minimum absolute atomic E-state index is 0.0561. The van der Waals surface area contributed by atoms with Crippen molar-refractivity contribution >= 4 is 24.7 Å². The molecule has 1 aliphatic heterocycles. The van der Waals surface area contributed by atoms with E-state index in [-0.39, 0.29) is 29.1 Å². The molecule has 1 heterocycles. The molecule has 0 amide bonds. The summed E-state index contributed by atoms with van der Waals surface area (Å²) < 4.78 is 18.4. The highest BCUT2D eigenvalue weighted by atomic mass is 28.4. The fourth-order valence-corrected chi connectivity index (χ4v) is 10.1. The number of unbranched alkanes of at least 4 members (excludes halogenated alkanes) is 3. The summed E-state index contributed by atoms with van der Waals surface area (Å²) in [6.45, 7) is 11.4. The fraction of sp³-hybridized carbons (Fsp3) is 0.581. The van der Waals surface area contributed by atoms with Crippen LogP contribution >= 0.6 is 0 Å². The van der Waals surface area contributed by atoms with E-state index in [0.717, 1.165) is 32.1 Å². The highest BCUT2D eigenvalue weighted by Gasteiger charge is 2.51. The van der Waals surface area contributed by atoms with Crippen LogP contribution in [0, 0.1) is 5.92 Å². The van der Waals surface area contributed by atoms with E-state index < -0.39 is 14.4 Å². The van der Waals surface area contributed by atoms with E-state index in [2.05, 4.69) is 81.4 Å². The first-order valence-electron chi connectivity index (χ1n) is 13.9. The molecule has 1 aliphatic rings. The van der Waals surface area contributed by atoms with Crippen molar-refractivity contribution in [2.75, 3.05) is 13.2 Å². The van der Waals surface area contributed by atoms with E-state index in [4.69, 9.17) is 13.9 Å². The quantitative estimate of drug-likeness (QED) is 0.220. The zero-order valence-electron chi connectivity index (χ0n) is 23.3. The zero-order chi connectivity index (χ0) is 26.9. The second kappa shape index (κ2) is 13.7. The lowest BCUT2D eigenvalue weighted by molar-refractivity contribution is -0.147. The third-order valence-electron chi connectivity index (χ3n) is 7.37. The average Bonchev–Trinajstić information content (AvgIpc) is 3.21. The maximum Gasteiger partial charge on any atom is 0.306 e. The van der Waals surface area contributed by atoms with Gasteiger partial charge in [-0.15, -0.1) is 0 Å². The van der Waals surface area contributed by atoms with Gasteiger partial charge in [-0.05, 0) is 42.1 Å². The van der Waals surface area contributed by atoms with Crippen LogP contribution in [0.1, 0.15) is 73.1 Å². The minimum atomic E-state index is -2.65. The number of hydrogen-bond donors (Lipinski definition) is 1. The molecule has 5 nitrogen and oxygen atoms in total. The summed E-state index contributed by atoms with van der Waals surface area (Å²) in [7, 11) is -2.65. The van der Waals surface area contributed by atoms with Crippen molar-refractivity contribution in [3.63, 3.8) is 0 Å². The predicted molar refractivity (Wildman–Crippen MR) is 152 cm³/mol. The lowest BCUT2D eigenvalue weighted by atomic mass is 9.92. The van der Waals surface area contributed by atoms with Gasteiger partial charge in [0.15, 0.2) is 0 Å². The Morgan fingerprint density at radius 3 is 2.08 bits per heavy atom. The second-order valence-electron chi connectivity index (χ2n) is 11.6. The van der Waals surface area contributed by atoms with E-state index in [1.807, 2.05) is 13.8 Å². The summed E-state index contributed by atoms with van der Waals surface area (Å²) in [5.41, 5.74) is 0. The molecule has 0 radical (unpaired) electrons. The summed E-state index contributed by atoms with van der Waals surface area (Å²) >= 11 is 0. The molecule has 0 aliphatic carbocycles. The van der Waals surface area contributed by atoms with Crippen LogP contribution in [0.3, 0.4) is 0 Å². The maximum atomic E-state index is 11.7. The van der Waals surface area contributed by atoms with Gasteiger partial charge in [0.25, 0.3) is 8.32 Å². The molecule has 2 aromatic rings. The van der Waals surface area contributed by atoms with Crippen LogP contribution in [0.15, 0.2) is 60.7 Å². The number of aliphatic hydroxyl groups is 1. The van der Waals surface area contributed by atoms with Crippen LogP contribution < -0.4 is 10.4 Å². The predicted octanol–water partition coefficient (Wildman–Crippen LogP) is 5.23. The SMILES string of the molecule is CC(C)OC(=O)CCCCCC[C@H]1[C@@H](O)CO[C@@H]1CO[Si](c1ccccc1)(c1ccccc1)C(C)(C)C. The topological polar surface area (TPSA) is 65.0 Å². The van der Waals surface area contributed by atoms with Crippen molar-refractivity contribution in [3.8, 4) is 0 Å². The third kappa shape index (κ3) is 7.76. The van der Waals surface area contributed by atoms with Gasteiger partial charge in [-0.25, -0.2) is 0 Å². The molecule has 3 rings (SSSR count). The van der Waals surface area contributed by atoms with E-state index in [1.165, 1.54) is 10.4 Å². The molecule has 1 N–H and O–H groups in total. The number of carbonyl (C=O) groups excluding carboxylic acids is 1. The summed E-state index contributed by atoms with van der Waals surface area (Å²) in [6.07, 6.45) is 4.58. The lowest BCUT2D eigenvalue weighted by Crippen LogP contribution is -2.67. The van der Waals surface area contributed by atoms with Gasteiger partial charge in [0.05, 0.1) is 31.5 Å². The van der Waals surface area contributed by atoms with Gasteiger partial charge >= 0.3 is 5.97 Å². The van der Waals surface area contributed by atoms with E-state index in [9.17, 15) is 9.90 Å². The first-order valence-corrected chi connectivity index (χ1v) is 15.8.